The lowest BCUT2D eigenvalue weighted by Crippen LogP contribution is -2.33. The summed E-state index contributed by atoms with van der Waals surface area (Å²) in [5.74, 6) is -1.06. The largest absolute Gasteiger partial charge is 0.478 e. The molecule has 0 aliphatic heterocycles. The van der Waals surface area contributed by atoms with Gasteiger partial charge in [-0.1, -0.05) is 19.9 Å². The molecule has 19 heavy (non-hydrogen) atoms. The third kappa shape index (κ3) is 4.52. The lowest BCUT2D eigenvalue weighted by molar-refractivity contribution is -0.124. The van der Waals surface area contributed by atoms with Crippen LogP contribution < -0.4 is 16.2 Å². The summed E-state index contributed by atoms with van der Waals surface area (Å²) in [4.78, 5) is 11.1. The second-order valence-electron chi connectivity index (χ2n) is 4.55. The van der Waals surface area contributed by atoms with Crippen LogP contribution in [-0.2, 0) is 11.2 Å². The lowest BCUT2D eigenvalue weighted by atomic mass is 10.0. The smallest absolute Gasteiger partial charge is 0.258 e. The zero-order valence-electron chi connectivity index (χ0n) is 11.4. The van der Waals surface area contributed by atoms with Gasteiger partial charge in [-0.3, -0.25) is 4.79 Å². The van der Waals surface area contributed by atoms with Crippen LogP contribution in [0.3, 0.4) is 0 Å². The summed E-state index contributed by atoms with van der Waals surface area (Å²) in [5.41, 5.74) is 11.8. The number of primary amides is 1. The average molecular weight is 268 g/mol. The summed E-state index contributed by atoms with van der Waals surface area (Å²) in [6.07, 6.45) is 1.04. The first-order chi connectivity index (χ1) is 8.97. The number of amides is 1. The molecule has 0 heterocycles. The highest BCUT2D eigenvalue weighted by molar-refractivity contribution is 5.79. The van der Waals surface area contributed by atoms with Crippen molar-refractivity contribution in [2.24, 2.45) is 11.5 Å². The summed E-state index contributed by atoms with van der Waals surface area (Å²) < 4.78 is 19.1. The van der Waals surface area contributed by atoms with Crippen LogP contribution in [0.15, 0.2) is 18.2 Å². The topological polar surface area (TPSA) is 78.3 Å². The zero-order chi connectivity index (χ0) is 14.4. The molecular weight excluding hydrogens is 247 g/mol. The number of hydrogen-bond acceptors (Lipinski definition) is 3. The summed E-state index contributed by atoms with van der Waals surface area (Å²) in [7, 11) is 0. The molecule has 0 saturated carbocycles. The molecule has 0 spiro atoms. The number of carbonyl (C=O) groups excluding carboxylic acids is 1. The quantitative estimate of drug-likeness (QED) is 0.790. The second-order valence-corrected chi connectivity index (χ2v) is 4.55. The van der Waals surface area contributed by atoms with Crippen molar-refractivity contribution in [3.05, 3.63) is 29.6 Å². The number of rotatable bonds is 7. The normalized spacial score (nSPS) is 13.9. The Labute approximate surface area is 112 Å². The first kappa shape index (κ1) is 15.4. The van der Waals surface area contributed by atoms with Gasteiger partial charge in [0.25, 0.3) is 5.91 Å². The first-order valence-electron chi connectivity index (χ1n) is 6.47. The molecule has 106 valence electrons. The summed E-state index contributed by atoms with van der Waals surface area (Å²) in [5, 5.41) is 0. The van der Waals surface area contributed by atoms with E-state index >= 15 is 0 Å². The fourth-order valence-corrected chi connectivity index (χ4v) is 1.71. The Kier molecular flexibility index (Phi) is 5.76. The van der Waals surface area contributed by atoms with Crippen molar-refractivity contribution in [2.75, 3.05) is 0 Å². The SMILES string of the molecule is CCC(N)Cc1ccc(OC(CC)C(N)=O)c(F)c1. The molecule has 1 rings (SSSR count). The summed E-state index contributed by atoms with van der Waals surface area (Å²) in [6, 6.07) is 4.67. The molecule has 5 heteroatoms. The molecule has 2 atom stereocenters. The van der Waals surface area contributed by atoms with Gasteiger partial charge in [-0.05, 0) is 37.0 Å². The number of halogens is 1. The molecule has 1 aromatic carbocycles. The van der Waals surface area contributed by atoms with Gasteiger partial charge >= 0.3 is 0 Å². The maximum absolute atomic E-state index is 13.8. The highest BCUT2D eigenvalue weighted by atomic mass is 19.1. The molecule has 0 radical (unpaired) electrons. The number of benzene rings is 1. The molecular formula is C14H21FN2O2. The van der Waals surface area contributed by atoms with E-state index in [2.05, 4.69) is 0 Å². The van der Waals surface area contributed by atoms with E-state index in [1.807, 2.05) is 6.92 Å². The van der Waals surface area contributed by atoms with Crippen molar-refractivity contribution in [1.29, 1.82) is 0 Å². The Hall–Kier alpha value is -1.62. The molecule has 0 aliphatic carbocycles. The number of hydrogen-bond donors (Lipinski definition) is 2. The molecule has 4 N–H and O–H groups in total. The van der Waals surface area contributed by atoms with E-state index in [0.717, 1.165) is 12.0 Å². The Morgan fingerprint density at radius 1 is 1.37 bits per heavy atom. The minimum atomic E-state index is -0.807. The lowest BCUT2D eigenvalue weighted by Gasteiger charge is -2.15. The van der Waals surface area contributed by atoms with Gasteiger partial charge in [-0.15, -0.1) is 0 Å². The Balaban J connectivity index is 2.79. The van der Waals surface area contributed by atoms with E-state index in [4.69, 9.17) is 16.2 Å². The first-order valence-corrected chi connectivity index (χ1v) is 6.47. The predicted octanol–water partition coefficient (Wildman–Crippen LogP) is 1.75. The van der Waals surface area contributed by atoms with E-state index in [0.29, 0.717) is 12.8 Å². The van der Waals surface area contributed by atoms with E-state index in [-0.39, 0.29) is 11.8 Å². The Morgan fingerprint density at radius 3 is 2.53 bits per heavy atom. The van der Waals surface area contributed by atoms with Crippen LogP contribution in [0.1, 0.15) is 32.3 Å². The fraction of sp³-hybridized carbons (Fsp3) is 0.500. The second kappa shape index (κ2) is 7.09. The van der Waals surface area contributed by atoms with Crippen LogP contribution in [0.2, 0.25) is 0 Å². The van der Waals surface area contributed by atoms with Gasteiger partial charge in [0.1, 0.15) is 0 Å². The standard InChI is InChI=1S/C14H21FN2O2/c1-3-10(16)7-9-5-6-13(11(15)8-9)19-12(4-2)14(17)18/h5-6,8,10,12H,3-4,7,16H2,1-2H3,(H2,17,18). The van der Waals surface area contributed by atoms with E-state index in [1.165, 1.54) is 12.1 Å². The minimum absolute atomic E-state index is 0.0141. The van der Waals surface area contributed by atoms with Gasteiger partial charge in [0.2, 0.25) is 0 Å². The van der Waals surface area contributed by atoms with Gasteiger partial charge in [0.05, 0.1) is 0 Å². The Morgan fingerprint density at radius 2 is 2.05 bits per heavy atom. The van der Waals surface area contributed by atoms with Crippen molar-refractivity contribution in [3.8, 4) is 5.75 Å². The summed E-state index contributed by atoms with van der Waals surface area (Å²) >= 11 is 0. The van der Waals surface area contributed by atoms with E-state index in [1.54, 1.807) is 13.0 Å². The Bertz CT molecular complexity index is 437. The van der Waals surface area contributed by atoms with Crippen molar-refractivity contribution < 1.29 is 13.9 Å². The third-order valence-corrected chi connectivity index (χ3v) is 2.98. The van der Waals surface area contributed by atoms with E-state index in [9.17, 15) is 9.18 Å². The molecule has 2 unspecified atom stereocenters. The van der Waals surface area contributed by atoms with Crippen LogP contribution in [-0.4, -0.2) is 18.1 Å². The highest BCUT2D eigenvalue weighted by Crippen LogP contribution is 2.21. The maximum atomic E-state index is 13.8. The van der Waals surface area contributed by atoms with Crippen LogP contribution in [0, 0.1) is 5.82 Å². The maximum Gasteiger partial charge on any atom is 0.258 e. The van der Waals surface area contributed by atoms with Gasteiger partial charge in [0.15, 0.2) is 17.7 Å². The van der Waals surface area contributed by atoms with Gasteiger partial charge in [-0.2, -0.15) is 0 Å². The van der Waals surface area contributed by atoms with Gasteiger partial charge in [-0.25, -0.2) is 4.39 Å². The molecule has 1 amide bonds. The average Bonchev–Trinajstić information content (AvgIpc) is 2.37. The number of nitrogens with two attached hydrogens (primary N) is 2. The van der Waals surface area contributed by atoms with Gasteiger partial charge in [0, 0.05) is 6.04 Å². The number of carbonyl (C=O) groups is 1. The zero-order valence-corrected chi connectivity index (χ0v) is 11.4. The van der Waals surface area contributed by atoms with Crippen molar-refractivity contribution in [2.45, 2.75) is 45.3 Å². The van der Waals surface area contributed by atoms with Crippen molar-refractivity contribution in [3.63, 3.8) is 0 Å². The molecule has 0 fully saturated rings. The van der Waals surface area contributed by atoms with Crippen molar-refractivity contribution in [1.82, 2.24) is 0 Å². The minimum Gasteiger partial charge on any atom is -0.478 e. The molecule has 0 saturated heterocycles. The van der Waals surface area contributed by atoms with Crippen molar-refractivity contribution >= 4 is 5.91 Å². The molecule has 0 bridgehead atoms. The highest BCUT2D eigenvalue weighted by Gasteiger charge is 2.17. The van der Waals surface area contributed by atoms with Crippen LogP contribution in [0.5, 0.6) is 5.75 Å². The molecule has 0 aromatic heterocycles. The molecule has 4 nitrogen and oxygen atoms in total. The van der Waals surface area contributed by atoms with Crippen LogP contribution in [0.4, 0.5) is 4.39 Å². The van der Waals surface area contributed by atoms with E-state index < -0.39 is 17.8 Å². The third-order valence-electron chi connectivity index (χ3n) is 2.98. The molecule has 0 aliphatic rings. The molecule has 1 aromatic rings. The van der Waals surface area contributed by atoms with Crippen LogP contribution in [0.25, 0.3) is 0 Å². The van der Waals surface area contributed by atoms with Gasteiger partial charge < -0.3 is 16.2 Å². The van der Waals surface area contributed by atoms with Crippen LogP contribution >= 0.6 is 0 Å². The predicted molar refractivity (Wildman–Crippen MR) is 72.3 cm³/mol. The fourth-order valence-electron chi connectivity index (χ4n) is 1.71. The monoisotopic (exact) mass is 268 g/mol. The number of ether oxygens (including phenoxy) is 1. The summed E-state index contributed by atoms with van der Waals surface area (Å²) in [6.45, 7) is 3.74.